The number of ether oxygens (including phenoxy) is 4. The van der Waals surface area contributed by atoms with E-state index in [0.29, 0.717) is 135 Å². The van der Waals surface area contributed by atoms with Gasteiger partial charge >= 0.3 is 18.2 Å². The Hall–Kier alpha value is -15.3. The number of aromatic amines is 3. The highest BCUT2D eigenvalue weighted by molar-refractivity contribution is 6.45. The molecule has 41 nitrogen and oxygen atoms in total. The zero-order chi connectivity index (χ0) is 90.5. The molecule has 5 N–H and O–H groups in total. The summed E-state index contributed by atoms with van der Waals surface area (Å²) in [6.07, 6.45) is 8.25. The van der Waals surface area contributed by atoms with Crippen molar-refractivity contribution < 1.29 is 52.8 Å². The van der Waals surface area contributed by atoms with Crippen LogP contribution in [-0.4, -0.2) is 295 Å². The molecule has 130 heavy (non-hydrogen) atoms. The summed E-state index contributed by atoms with van der Waals surface area (Å²) in [6.45, 7) is 25.8. The first-order chi connectivity index (χ1) is 61.6. The molecule has 0 spiro atoms. The van der Waals surface area contributed by atoms with E-state index < -0.39 is 34.6 Å². The van der Waals surface area contributed by atoms with E-state index >= 15 is 0 Å². The fourth-order valence-electron chi connectivity index (χ4n) is 14.8. The van der Waals surface area contributed by atoms with E-state index in [2.05, 4.69) is 123 Å². The molecule has 14 heterocycles. The third kappa shape index (κ3) is 22.0. The number of aryl methyl sites for hydroxylation is 5. The average Bonchev–Trinajstić information content (AvgIpc) is 1.61. The third-order valence-corrected chi connectivity index (χ3v) is 20.8. The van der Waals surface area contributed by atoms with E-state index in [9.17, 15) is 28.8 Å². The first-order valence-electron chi connectivity index (χ1n) is 41.6. The number of anilines is 4. The third-order valence-electron chi connectivity index (χ3n) is 20.8. The van der Waals surface area contributed by atoms with Gasteiger partial charge in [0.15, 0.2) is 34.9 Å². The number of carboxylic acid groups (broad SMARTS) is 1. The van der Waals surface area contributed by atoms with Gasteiger partial charge in [-0.3, -0.25) is 14.4 Å². The summed E-state index contributed by atoms with van der Waals surface area (Å²) in [5.41, 5.74) is 7.86. The summed E-state index contributed by atoms with van der Waals surface area (Å²) in [5, 5.41) is 60.0. The van der Waals surface area contributed by atoms with Gasteiger partial charge in [-0.1, -0.05) is 136 Å². The molecule has 0 atom stereocenters. The van der Waals surface area contributed by atoms with Crippen molar-refractivity contribution in [1.29, 1.82) is 0 Å². The minimum atomic E-state index is -1.54. The lowest BCUT2D eigenvalue weighted by molar-refractivity contribution is -0.131. The molecule has 18 rings (SSSR count). The van der Waals surface area contributed by atoms with Gasteiger partial charge in [-0.25, -0.2) is 43.7 Å². The maximum Gasteiger partial charge on any atom is 0.410 e. The molecule has 0 aliphatic carbocycles. The summed E-state index contributed by atoms with van der Waals surface area (Å²) >= 11 is 0. The normalized spacial score (nSPS) is 14.0. The van der Waals surface area contributed by atoms with Crippen molar-refractivity contribution in [2.24, 2.45) is 21.1 Å². The van der Waals surface area contributed by atoms with Gasteiger partial charge in [0.25, 0.3) is 17.5 Å². The first kappa shape index (κ1) is 93.8. The molecule has 0 saturated carbocycles. The van der Waals surface area contributed by atoms with Crippen LogP contribution in [0.25, 0.3) is 78.5 Å². The smallest absolute Gasteiger partial charge is 0.410 e. The Balaban J connectivity index is 0.000000150. The maximum atomic E-state index is 13.5. The Kier molecular flexibility index (Phi) is 29.9. The molecule has 10 aromatic heterocycles. The van der Waals surface area contributed by atoms with Gasteiger partial charge in [-0.15, -0.1) is 20.4 Å². The van der Waals surface area contributed by atoms with Crippen LogP contribution in [0.4, 0.5) is 32.9 Å². The highest BCUT2D eigenvalue weighted by Crippen LogP contribution is 2.37. The first-order valence-corrected chi connectivity index (χ1v) is 41.6. The van der Waals surface area contributed by atoms with Gasteiger partial charge in [0, 0.05) is 161 Å². The number of pyridine rings is 2. The molecule has 4 aliphatic rings. The molecule has 3 amide bonds. The molecule has 4 fully saturated rings. The predicted molar refractivity (Wildman–Crippen MR) is 489 cm³/mol. The van der Waals surface area contributed by atoms with Crippen molar-refractivity contribution in [3.05, 3.63) is 182 Å². The number of fused-ring (bicyclic) bond motifs is 2. The lowest BCUT2D eigenvalue weighted by Gasteiger charge is -2.35. The maximum absolute atomic E-state index is 13.5. The van der Waals surface area contributed by atoms with Crippen molar-refractivity contribution in [3.63, 3.8) is 0 Å². The van der Waals surface area contributed by atoms with E-state index in [1.807, 2.05) is 165 Å². The molecule has 0 radical (unpaired) electrons. The number of carbonyl (C=O) groups is 6. The van der Waals surface area contributed by atoms with Crippen LogP contribution in [0.2, 0.25) is 0 Å². The highest BCUT2D eigenvalue weighted by atomic mass is 16.6. The Morgan fingerprint density at radius 2 is 0.731 bits per heavy atom. The van der Waals surface area contributed by atoms with E-state index in [4.69, 9.17) is 24.1 Å². The molecular formula is C89H110N30O11. The fourth-order valence-corrected chi connectivity index (χ4v) is 14.8. The zero-order valence-electron chi connectivity index (χ0n) is 73.5. The van der Waals surface area contributed by atoms with E-state index in [1.165, 1.54) is 61.0 Å². The summed E-state index contributed by atoms with van der Waals surface area (Å²) < 4.78 is 24.5. The summed E-state index contributed by atoms with van der Waals surface area (Å²) in [7, 11) is 8.39. The largest absolute Gasteiger partial charge is 0.494 e. The number of amides is 3. The number of ketones is 2. The van der Waals surface area contributed by atoms with Crippen LogP contribution < -0.4 is 34.4 Å². The van der Waals surface area contributed by atoms with Gasteiger partial charge in [0.05, 0.1) is 59.5 Å². The van der Waals surface area contributed by atoms with Gasteiger partial charge < -0.3 is 73.6 Å². The van der Waals surface area contributed by atoms with Gasteiger partial charge in [-0.2, -0.15) is 50.2 Å². The summed E-state index contributed by atoms with van der Waals surface area (Å²) in [4.78, 5) is 115. The molecule has 41 heteroatoms. The highest BCUT2D eigenvalue weighted by Gasteiger charge is 2.35. The minimum Gasteiger partial charge on any atom is -0.494 e. The number of aliphatic carboxylic acids is 1. The lowest BCUT2D eigenvalue weighted by Crippen LogP contribution is -2.50. The number of piperazine rings is 4. The number of nitrogens with zero attached hydrogens (tertiary/aromatic N) is 26. The number of H-pyrrole nitrogens is 3. The molecule has 0 bridgehead atoms. The second-order valence-corrected chi connectivity index (χ2v) is 32.1. The van der Waals surface area contributed by atoms with E-state index in [1.54, 1.807) is 50.0 Å². The van der Waals surface area contributed by atoms with Crippen molar-refractivity contribution in [2.75, 3.05) is 139 Å². The minimum absolute atomic E-state index is 0. The van der Waals surface area contributed by atoms with Crippen LogP contribution in [-0.2, 0) is 40.2 Å². The number of methoxy groups -OCH3 is 2. The topological polar surface area (TPSA) is 447 Å². The quantitative estimate of drug-likeness (QED) is 0.0443. The van der Waals surface area contributed by atoms with Crippen LogP contribution in [0.15, 0.2) is 159 Å². The zero-order valence-corrected chi connectivity index (χ0v) is 73.5. The second-order valence-electron chi connectivity index (χ2n) is 32.1. The number of Topliss-reactive ketones (excluding diaryl/α,β-unsaturated/α-hetero) is 2. The van der Waals surface area contributed by atoms with Crippen molar-refractivity contribution >= 4 is 80.7 Å². The van der Waals surface area contributed by atoms with E-state index in [-0.39, 0.29) is 38.2 Å². The number of hydrogen-bond donors (Lipinski definition) is 5. The molecule has 682 valence electrons. The molecule has 4 saturated heterocycles. The van der Waals surface area contributed by atoms with Gasteiger partial charge in [0.1, 0.15) is 69.8 Å². The summed E-state index contributed by atoms with van der Waals surface area (Å²) in [6, 6.07) is 40.1. The number of carboxylic acids is 1. The molecule has 0 unspecified atom stereocenters. The number of carbonyl (C=O) groups excluding carboxylic acids is 5. The van der Waals surface area contributed by atoms with Crippen LogP contribution in [0.1, 0.15) is 88.8 Å². The van der Waals surface area contributed by atoms with Gasteiger partial charge in [-0.05, 0) is 55.4 Å². The number of hydrogen-bond acceptors (Lipinski definition) is 29. The SMILES string of the molecule is C.C.CC(C)(C)OC(=O)N1CCN(c2n[nH]nc2-c2ccccc2)CC1.COc1cnc(-n2cnc(C)n2)c2[nH]cc(C(=O)C(=O)N3CCN(c4nn(C)nc4-c4ccccc4)CC3)c12.COc1cnc(-n2cnc(C)n2)c2[nH]cc(C(=O)C(=O)O)c12.Cn1nc(-c2ccccc2)c(N2CCN(C(=O)OC(C)(C)C)CC2)n1.Cn1nc(-c2ccccc2)c(N2CCNCC2)n1. The number of nitrogens with one attached hydrogen (secondary N) is 4. The lowest BCUT2D eigenvalue weighted by atomic mass is 10.1. The molecule has 4 aromatic carbocycles. The Labute approximate surface area is 750 Å². The van der Waals surface area contributed by atoms with Crippen molar-refractivity contribution in [2.45, 2.75) is 81.4 Å². The Bertz CT molecular complexity index is 6170. The van der Waals surface area contributed by atoms with E-state index in [0.717, 1.165) is 94.5 Å². The monoisotopic (exact) mass is 1770 g/mol. The molecular weight excluding hydrogens is 1670 g/mol. The Morgan fingerprint density at radius 3 is 1.07 bits per heavy atom. The molecule has 14 aromatic rings. The van der Waals surface area contributed by atoms with Crippen LogP contribution in [0.3, 0.4) is 0 Å². The fraction of sp³-hybridized carbons (Fsp3) is 0.371. The number of benzene rings is 4. The van der Waals surface area contributed by atoms with Crippen molar-refractivity contribution in [1.82, 2.24) is 130 Å². The molecule has 4 aliphatic heterocycles. The van der Waals surface area contributed by atoms with Gasteiger partial charge in [0.2, 0.25) is 0 Å². The number of aromatic nitrogens is 22. The van der Waals surface area contributed by atoms with Crippen LogP contribution >= 0.6 is 0 Å². The van der Waals surface area contributed by atoms with Crippen molar-refractivity contribution in [3.8, 4) is 68.2 Å². The second kappa shape index (κ2) is 41.4. The average molecular weight is 1780 g/mol. The number of rotatable bonds is 16. The van der Waals surface area contributed by atoms with Crippen LogP contribution in [0, 0.1) is 13.8 Å². The van der Waals surface area contributed by atoms with Crippen LogP contribution in [0.5, 0.6) is 11.5 Å². The summed E-state index contributed by atoms with van der Waals surface area (Å²) in [5.74, 6) is 2.30. The Morgan fingerprint density at radius 1 is 0.392 bits per heavy atom. The predicted octanol–water partition coefficient (Wildman–Crippen LogP) is 9.75. The standard InChI is InChI=1S/C26H26N10O3.C18H25N5O2.C17H23N5O2.C13H11N5O4.C13H17N5.2CH4/c1-16-29-15-36(30-16)24-22-20(19(39-3)14-28-24)18(13-27-22)23(37)26(38)35-11-9-34(10-12-35)25-21(31-33(2)32-25)17-7-5-4-6-8-17;1-18(2,3)25-17(24)23-12-10-22(11-13-23)16-15(19-21(4)20-16)14-8-6-5-7-9-14;1-17(2,3)24-16(23)22-11-9-21(10-12-22)15-14(18-20-19-15)13-7-5-4-6-8-13;1-6-16-5-18(17-6)12-10-9(8(22-2)4-15-12)7(3-14-10)11(19)13(20)21;1-17-15-12(11-5-3-2-4-6-11)13(16-17)18-9-7-14-8-10-18;;/h4-8,13-15,27H,9-12H2,1-3H3;5-9H,10-13H2,1-4H3;4-8H,9-12H2,1-3H3,(H,18,19,20);3-5,14H,1-2H3,(H,20,21);2-6,14H,7-10H2,1H3;2*1H4.